The molecule has 35 heavy (non-hydrogen) atoms. The van der Waals surface area contributed by atoms with Gasteiger partial charge in [-0.3, -0.25) is 14.6 Å². The van der Waals surface area contributed by atoms with Crippen LogP contribution in [0.4, 0.5) is 0 Å². The molecule has 1 unspecified atom stereocenters. The van der Waals surface area contributed by atoms with Crippen molar-refractivity contribution in [3.05, 3.63) is 94.8 Å². The number of rotatable bonds is 7. The number of ketones is 1. The van der Waals surface area contributed by atoms with Crippen molar-refractivity contribution in [1.29, 1.82) is 0 Å². The molecule has 180 valence electrons. The van der Waals surface area contributed by atoms with E-state index in [1.807, 2.05) is 30.3 Å². The van der Waals surface area contributed by atoms with Gasteiger partial charge < -0.3 is 19.5 Å². The van der Waals surface area contributed by atoms with Crippen LogP contribution in [-0.4, -0.2) is 40.9 Å². The number of methoxy groups -OCH3 is 2. The Hall–Kier alpha value is -4.13. The first-order valence-corrected chi connectivity index (χ1v) is 11.3. The van der Waals surface area contributed by atoms with E-state index in [0.717, 1.165) is 16.7 Å². The minimum Gasteiger partial charge on any atom is -0.507 e. The highest BCUT2D eigenvalue weighted by Gasteiger charge is 2.46. The molecule has 1 aromatic heterocycles. The predicted molar refractivity (Wildman–Crippen MR) is 132 cm³/mol. The molecule has 4 rings (SSSR count). The van der Waals surface area contributed by atoms with Crippen LogP contribution in [0.1, 0.15) is 48.1 Å². The highest BCUT2D eigenvalue weighted by atomic mass is 16.5. The lowest BCUT2D eigenvalue weighted by Gasteiger charge is -2.25. The molecule has 0 bridgehead atoms. The number of likely N-dealkylation sites (tertiary alicyclic amines) is 1. The molecule has 3 aromatic rings. The van der Waals surface area contributed by atoms with Gasteiger partial charge >= 0.3 is 0 Å². The summed E-state index contributed by atoms with van der Waals surface area (Å²) in [6.07, 6.45) is 3.31. The molecule has 1 amide bonds. The SMILES string of the molecule is COc1ccc(/C(O)=C2\C(=O)C(=O)N(Cc3cccnc3)C2c2ccc(C(C)C)cc2)cc1OC. The van der Waals surface area contributed by atoms with Gasteiger partial charge in [-0.1, -0.05) is 44.2 Å². The van der Waals surface area contributed by atoms with E-state index in [-0.39, 0.29) is 17.9 Å². The third-order valence-corrected chi connectivity index (χ3v) is 6.19. The number of Topliss-reactive ketones (excluding diaryl/α,β-unsaturated/α-hetero) is 1. The van der Waals surface area contributed by atoms with E-state index in [4.69, 9.17) is 9.47 Å². The van der Waals surface area contributed by atoms with Gasteiger partial charge in [0.1, 0.15) is 5.76 Å². The maximum Gasteiger partial charge on any atom is 0.295 e. The number of aliphatic hydroxyl groups is 1. The Morgan fingerprint density at radius 1 is 1.03 bits per heavy atom. The van der Waals surface area contributed by atoms with Crippen molar-refractivity contribution in [2.75, 3.05) is 14.2 Å². The largest absolute Gasteiger partial charge is 0.507 e. The molecular weight excluding hydrogens is 444 g/mol. The maximum absolute atomic E-state index is 13.3. The molecule has 7 nitrogen and oxygen atoms in total. The topological polar surface area (TPSA) is 89.0 Å². The van der Waals surface area contributed by atoms with Gasteiger partial charge in [0.25, 0.3) is 11.7 Å². The summed E-state index contributed by atoms with van der Waals surface area (Å²) in [4.78, 5) is 32.1. The second-order valence-electron chi connectivity index (χ2n) is 8.68. The summed E-state index contributed by atoms with van der Waals surface area (Å²) >= 11 is 0. The van der Waals surface area contributed by atoms with Crippen LogP contribution in [0.2, 0.25) is 0 Å². The number of hydrogen-bond acceptors (Lipinski definition) is 6. The van der Waals surface area contributed by atoms with E-state index in [0.29, 0.717) is 23.0 Å². The Bertz CT molecular complexity index is 1270. The Morgan fingerprint density at radius 3 is 2.34 bits per heavy atom. The number of carbonyl (C=O) groups is 2. The number of nitrogens with zero attached hydrogens (tertiary/aromatic N) is 2. The summed E-state index contributed by atoms with van der Waals surface area (Å²) < 4.78 is 10.6. The number of aromatic nitrogens is 1. The van der Waals surface area contributed by atoms with E-state index in [1.54, 1.807) is 36.7 Å². The van der Waals surface area contributed by atoms with Crippen molar-refractivity contribution < 1.29 is 24.2 Å². The van der Waals surface area contributed by atoms with Crippen molar-refractivity contribution in [1.82, 2.24) is 9.88 Å². The molecule has 1 N–H and O–H groups in total. The molecule has 1 fully saturated rings. The monoisotopic (exact) mass is 472 g/mol. The Morgan fingerprint density at radius 2 is 1.74 bits per heavy atom. The first-order valence-electron chi connectivity index (χ1n) is 11.3. The van der Waals surface area contributed by atoms with Crippen LogP contribution in [0.25, 0.3) is 5.76 Å². The van der Waals surface area contributed by atoms with E-state index < -0.39 is 17.7 Å². The highest BCUT2D eigenvalue weighted by Crippen LogP contribution is 2.41. The molecule has 7 heteroatoms. The number of benzene rings is 2. The zero-order chi connectivity index (χ0) is 25.1. The Balaban J connectivity index is 1.86. The van der Waals surface area contributed by atoms with Gasteiger partial charge in [-0.2, -0.15) is 0 Å². The Labute approximate surface area is 204 Å². The zero-order valence-electron chi connectivity index (χ0n) is 20.2. The van der Waals surface area contributed by atoms with Crippen molar-refractivity contribution >= 4 is 17.4 Å². The quantitative estimate of drug-likeness (QED) is 0.301. The molecule has 0 spiro atoms. The number of amides is 1. The maximum atomic E-state index is 13.3. The molecule has 0 aliphatic carbocycles. The van der Waals surface area contributed by atoms with E-state index >= 15 is 0 Å². The smallest absolute Gasteiger partial charge is 0.295 e. The number of hydrogen-bond donors (Lipinski definition) is 1. The van der Waals surface area contributed by atoms with Gasteiger partial charge in [-0.25, -0.2) is 0 Å². The third-order valence-electron chi connectivity index (χ3n) is 6.19. The number of pyridine rings is 1. The van der Waals surface area contributed by atoms with Gasteiger partial charge in [0.2, 0.25) is 0 Å². The van der Waals surface area contributed by atoms with Crippen LogP contribution in [0.3, 0.4) is 0 Å². The predicted octanol–water partition coefficient (Wildman–Crippen LogP) is 4.84. The Kier molecular flexibility index (Phi) is 6.87. The zero-order valence-corrected chi connectivity index (χ0v) is 20.2. The molecule has 1 saturated heterocycles. The normalized spacial score (nSPS) is 17.2. The summed E-state index contributed by atoms with van der Waals surface area (Å²) in [5.41, 5.74) is 3.04. The fourth-order valence-corrected chi connectivity index (χ4v) is 4.28. The lowest BCUT2D eigenvalue weighted by atomic mass is 9.93. The summed E-state index contributed by atoms with van der Waals surface area (Å²) in [6.45, 7) is 4.37. The standard InChI is InChI=1S/C28H28N2O5/c1-17(2)19-7-9-20(10-8-19)25-24(26(31)21-11-12-22(34-3)23(14-21)35-4)27(32)28(33)30(25)16-18-6-5-13-29-15-18/h5-15,17,25,31H,16H2,1-4H3/b26-24+. The summed E-state index contributed by atoms with van der Waals surface area (Å²) in [6, 6.07) is 15.5. The van der Waals surface area contributed by atoms with Gasteiger partial charge in [0.15, 0.2) is 11.5 Å². The van der Waals surface area contributed by atoms with E-state index in [9.17, 15) is 14.7 Å². The number of aliphatic hydroxyl groups excluding tert-OH is 1. The van der Waals surface area contributed by atoms with Crippen LogP contribution in [0.5, 0.6) is 11.5 Å². The fraction of sp³-hybridized carbons (Fsp3) is 0.250. The highest BCUT2D eigenvalue weighted by molar-refractivity contribution is 6.46. The minimum atomic E-state index is -0.760. The third kappa shape index (κ3) is 4.62. The lowest BCUT2D eigenvalue weighted by molar-refractivity contribution is -0.140. The van der Waals surface area contributed by atoms with Crippen LogP contribution >= 0.6 is 0 Å². The van der Waals surface area contributed by atoms with E-state index in [1.165, 1.54) is 19.1 Å². The molecule has 1 aliphatic rings. The van der Waals surface area contributed by atoms with Crippen molar-refractivity contribution in [2.45, 2.75) is 32.4 Å². The lowest BCUT2D eigenvalue weighted by Crippen LogP contribution is -2.29. The molecule has 1 aliphatic heterocycles. The fourth-order valence-electron chi connectivity index (χ4n) is 4.28. The molecule has 2 aromatic carbocycles. The first kappa shape index (κ1) is 24.0. The van der Waals surface area contributed by atoms with Crippen LogP contribution in [0.15, 0.2) is 72.6 Å². The molecule has 1 atom stereocenters. The average Bonchev–Trinajstić information content (AvgIpc) is 3.13. The number of ether oxygens (including phenoxy) is 2. The summed E-state index contributed by atoms with van der Waals surface area (Å²) in [5, 5.41) is 11.3. The van der Waals surface area contributed by atoms with Crippen molar-refractivity contribution in [3.63, 3.8) is 0 Å². The number of carbonyl (C=O) groups excluding carboxylic acids is 2. The molecule has 0 radical (unpaired) electrons. The minimum absolute atomic E-state index is 0.0309. The van der Waals surface area contributed by atoms with Crippen LogP contribution in [-0.2, 0) is 16.1 Å². The molecule has 0 saturated carbocycles. The molecular formula is C28H28N2O5. The second-order valence-corrected chi connectivity index (χ2v) is 8.68. The second kappa shape index (κ2) is 10.0. The van der Waals surface area contributed by atoms with Gasteiger partial charge in [0.05, 0.1) is 25.8 Å². The van der Waals surface area contributed by atoms with Crippen LogP contribution in [0, 0.1) is 0 Å². The van der Waals surface area contributed by atoms with Gasteiger partial charge in [-0.15, -0.1) is 0 Å². The van der Waals surface area contributed by atoms with Crippen molar-refractivity contribution in [2.24, 2.45) is 0 Å². The van der Waals surface area contributed by atoms with Crippen molar-refractivity contribution in [3.8, 4) is 11.5 Å². The average molecular weight is 473 g/mol. The first-order chi connectivity index (χ1) is 16.8. The summed E-state index contributed by atoms with van der Waals surface area (Å²) in [5.74, 6) is -0.456. The van der Waals surface area contributed by atoms with Gasteiger partial charge in [-0.05, 0) is 46.9 Å². The molecule has 2 heterocycles. The van der Waals surface area contributed by atoms with Gasteiger partial charge in [0, 0.05) is 24.5 Å². The summed E-state index contributed by atoms with van der Waals surface area (Å²) in [7, 11) is 3.01. The van der Waals surface area contributed by atoms with E-state index in [2.05, 4.69) is 18.8 Å². The van der Waals surface area contributed by atoms with Crippen LogP contribution < -0.4 is 9.47 Å².